The highest BCUT2D eigenvalue weighted by molar-refractivity contribution is 9.10. The average molecular weight is 392 g/mol. The van der Waals surface area contributed by atoms with Gasteiger partial charge in [-0.15, -0.1) is 0 Å². The monoisotopic (exact) mass is 391 g/mol. The van der Waals surface area contributed by atoms with Gasteiger partial charge in [0.2, 0.25) is 0 Å². The van der Waals surface area contributed by atoms with Gasteiger partial charge in [0.15, 0.2) is 6.10 Å². The predicted octanol–water partition coefficient (Wildman–Crippen LogP) is 4.19. The third-order valence-corrected chi connectivity index (χ3v) is 4.17. The minimum absolute atomic E-state index is 0.0847. The van der Waals surface area contributed by atoms with E-state index in [0.717, 1.165) is 21.3 Å². The molecule has 1 amide bonds. The molecular weight excluding hydrogens is 370 g/mol. The summed E-state index contributed by atoms with van der Waals surface area (Å²) in [4.78, 5) is 14.2. The Morgan fingerprint density at radius 2 is 2.00 bits per heavy atom. The molecule has 0 radical (unpaired) electrons. The third-order valence-electron chi connectivity index (χ3n) is 3.68. The number of nitrogens with zero attached hydrogens (tertiary/aromatic N) is 1. The second-order valence-corrected chi connectivity index (χ2v) is 6.64. The molecular formula is C19H22BrNO3. The molecule has 2 aromatic rings. The van der Waals surface area contributed by atoms with Crippen molar-refractivity contribution < 1.29 is 14.3 Å². The van der Waals surface area contributed by atoms with Gasteiger partial charge in [-0.3, -0.25) is 4.79 Å². The molecule has 128 valence electrons. The predicted molar refractivity (Wildman–Crippen MR) is 98.4 cm³/mol. The molecule has 0 fully saturated rings. The highest BCUT2D eigenvalue weighted by Crippen LogP contribution is 2.24. The Bertz CT molecular complexity index is 718. The summed E-state index contributed by atoms with van der Waals surface area (Å²) in [5, 5.41) is 0. The van der Waals surface area contributed by atoms with Gasteiger partial charge in [0, 0.05) is 23.6 Å². The lowest BCUT2D eigenvalue weighted by molar-refractivity contribution is -0.137. The molecule has 0 saturated heterocycles. The van der Waals surface area contributed by atoms with Crippen molar-refractivity contribution in [2.45, 2.75) is 26.5 Å². The van der Waals surface area contributed by atoms with Crippen LogP contribution in [0.5, 0.6) is 11.5 Å². The average Bonchev–Trinajstić information content (AvgIpc) is 2.54. The van der Waals surface area contributed by atoms with Gasteiger partial charge < -0.3 is 14.4 Å². The topological polar surface area (TPSA) is 38.8 Å². The lowest BCUT2D eigenvalue weighted by Crippen LogP contribution is -2.37. The molecule has 24 heavy (non-hydrogen) atoms. The molecule has 0 saturated carbocycles. The van der Waals surface area contributed by atoms with Crippen LogP contribution in [0.1, 0.15) is 18.1 Å². The molecule has 0 aliphatic heterocycles. The second-order valence-electron chi connectivity index (χ2n) is 5.73. The fraction of sp³-hybridized carbons (Fsp3) is 0.316. The van der Waals surface area contributed by atoms with Gasteiger partial charge >= 0.3 is 0 Å². The normalized spacial score (nSPS) is 11.7. The van der Waals surface area contributed by atoms with Crippen molar-refractivity contribution in [2.75, 3.05) is 14.2 Å². The first-order valence-electron chi connectivity index (χ1n) is 7.71. The van der Waals surface area contributed by atoms with Crippen molar-refractivity contribution in [3.8, 4) is 11.5 Å². The first-order valence-corrected chi connectivity index (χ1v) is 8.50. The van der Waals surface area contributed by atoms with Crippen LogP contribution in [0.3, 0.4) is 0 Å². The molecule has 0 bridgehead atoms. The van der Waals surface area contributed by atoms with Crippen molar-refractivity contribution in [3.63, 3.8) is 0 Å². The van der Waals surface area contributed by atoms with E-state index >= 15 is 0 Å². The Morgan fingerprint density at radius 3 is 2.67 bits per heavy atom. The minimum Gasteiger partial charge on any atom is -0.496 e. The number of amides is 1. The van der Waals surface area contributed by atoms with E-state index in [-0.39, 0.29) is 5.91 Å². The molecule has 0 spiro atoms. The van der Waals surface area contributed by atoms with E-state index in [9.17, 15) is 4.79 Å². The molecule has 0 aliphatic rings. The molecule has 0 unspecified atom stereocenters. The minimum atomic E-state index is -0.560. The molecule has 0 N–H and O–H groups in total. The molecule has 0 aliphatic carbocycles. The number of likely N-dealkylation sites (N-methyl/N-ethyl adjacent to an activating group) is 1. The van der Waals surface area contributed by atoms with Crippen molar-refractivity contribution >= 4 is 21.8 Å². The zero-order valence-electron chi connectivity index (χ0n) is 14.4. The zero-order chi connectivity index (χ0) is 17.7. The first-order chi connectivity index (χ1) is 11.4. The summed E-state index contributed by atoms with van der Waals surface area (Å²) in [6.07, 6.45) is -0.560. The van der Waals surface area contributed by atoms with E-state index in [0.29, 0.717) is 12.3 Å². The van der Waals surface area contributed by atoms with Gasteiger partial charge in [-0.25, -0.2) is 0 Å². The lowest BCUT2D eigenvalue weighted by atomic mass is 10.2. The molecule has 4 nitrogen and oxygen atoms in total. The van der Waals surface area contributed by atoms with Crippen LogP contribution >= 0.6 is 15.9 Å². The molecule has 1 atom stereocenters. The van der Waals surface area contributed by atoms with Gasteiger partial charge in [-0.1, -0.05) is 28.1 Å². The van der Waals surface area contributed by atoms with Crippen molar-refractivity contribution in [3.05, 3.63) is 58.1 Å². The SMILES string of the molecule is COc1ccc(Br)cc1CN(C)C(=O)[C@H](C)Oc1cccc(C)c1. The van der Waals surface area contributed by atoms with E-state index in [4.69, 9.17) is 9.47 Å². The third kappa shape index (κ3) is 4.74. The van der Waals surface area contributed by atoms with Gasteiger partial charge in [0.25, 0.3) is 5.91 Å². The summed E-state index contributed by atoms with van der Waals surface area (Å²) in [5.74, 6) is 1.37. The fourth-order valence-corrected chi connectivity index (χ4v) is 2.87. The maximum atomic E-state index is 12.6. The van der Waals surface area contributed by atoms with E-state index in [1.807, 2.05) is 49.4 Å². The Labute approximate surface area is 151 Å². The summed E-state index contributed by atoms with van der Waals surface area (Å²) < 4.78 is 12.1. The van der Waals surface area contributed by atoms with E-state index in [2.05, 4.69) is 15.9 Å². The van der Waals surface area contributed by atoms with Gasteiger partial charge in [0.05, 0.1) is 7.11 Å². The molecule has 0 heterocycles. The lowest BCUT2D eigenvalue weighted by Gasteiger charge is -2.23. The molecule has 5 heteroatoms. The number of rotatable bonds is 6. The largest absolute Gasteiger partial charge is 0.496 e. The standard InChI is InChI=1S/C19H22BrNO3/c1-13-6-5-7-17(10-13)24-14(2)19(22)21(3)12-15-11-16(20)8-9-18(15)23-4/h5-11,14H,12H2,1-4H3/t14-/m0/s1. The van der Waals surface area contributed by atoms with Crippen LogP contribution in [0.4, 0.5) is 0 Å². The maximum Gasteiger partial charge on any atom is 0.263 e. The summed E-state index contributed by atoms with van der Waals surface area (Å²) in [6.45, 7) is 4.20. The van der Waals surface area contributed by atoms with Crippen LogP contribution in [0.15, 0.2) is 46.9 Å². The second kappa shape index (κ2) is 8.20. The van der Waals surface area contributed by atoms with E-state index in [1.165, 1.54) is 0 Å². The summed E-state index contributed by atoms with van der Waals surface area (Å²) in [5.41, 5.74) is 2.03. The quantitative estimate of drug-likeness (QED) is 0.740. The highest BCUT2D eigenvalue weighted by Gasteiger charge is 2.20. The van der Waals surface area contributed by atoms with Crippen LogP contribution in [-0.4, -0.2) is 31.1 Å². The number of halogens is 1. The van der Waals surface area contributed by atoms with E-state index in [1.54, 1.807) is 26.0 Å². The van der Waals surface area contributed by atoms with Crippen LogP contribution in [0.2, 0.25) is 0 Å². The maximum absolute atomic E-state index is 12.6. The fourth-order valence-electron chi connectivity index (χ4n) is 2.46. The van der Waals surface area contributed by atoms with Gasteiger partial charge in [-0.2, -0.15) is 0 Å². The first kappa shape index (κ1) is 18.3. The van der Waals surface area contributed by atoms with Crippen LogP contribution in [-0.2, 0) is 11.3 Å². The number of aryl methyl sites for hydroxylation is 1. The Kier molecular flexibility index (Phi) is 6.26. The van der Waals surface area contributed by atoms with Crippen LogP contribution < -0.4 is 9.47 Å². The number of ether oxygens (including phenoxy) is 2. The smallest absolute Gasteiger partial charge is 0.263 e. The Hall–Kier alpha value is -2.01. The van der Waals surface area contributed by atoms with Crippen LogP contribution in [0, 0.1) is 6.92 Å². The number of methoxy groups -OCH3 is 1. The zero-order valence-corrected chi connectivity index (χ0v) is 16.0. The highest BCUT2D eigenvalue weighted by atomic mass is 79.9. The van der Waals surface area contributed by atoms with Crippen molar-refractivity contribution in [1.82, 2.24) is 4.90 Å². The number of benzene rings is 2. The number of hydrogen-bond donors (Lipinski definition) is 0. The molecule has 2 rings (SSSR count). The van der Waals surface area contributed by atoms with E-state index < -0.39 is 6.10 Å². The summed E-state index contributed by atoms with van der Waals surface area (Å²) in [6, 6.07) is 13.4. The molecule has 2 aromatic carbocycles. The Balaban J connectivity index is 2.05. The Morgan fingerprint density at radius 1 is 1.25 bits per heavy atom. The van der Waals surface area contributed by atoms with Crippen molar-refractivity contribution in [2.24, 2.45) is 0 Å². The summed E-state index contributed by atoms with van der Waals surface area (Å²) in [7, 11) is 3.39. The van der Waals surface area contributed by atoms with Gasteiger partial charge in [0.1, 0.15) is 11.5 Å². The number of hydrogen-bond acceptors (Lipinski definition) is 3. The number of carbonyl (C=O) groups excluding carboxylic acids is 1. The summed E-state index contributed by atoms with van der Waals surface area (Å²) >= 11 is 3.45. The number of carbonyl (C=O) groups is 1. The van der Waals surface area contributed by atoms with Gasteiger partial charge in [-0.05, 0) is 49.7 Å². The van der Waals surface area contributed by atoms with Crippen LogP contribution in [0.25, 0.3) is 0 Å². The van der Waals surface area contributed by atoms with Crippen molar-refractivity contribution in [1.29, 1.82) is 0 Å². The molecule has 0 aromatic heterocycles.